The first kappa shape index (κ1) is 27.3. The highest BCUT2D eigenvalue weighted by Crippen LogP contribution is 2.47. The number of nitrogens with zero attached hydrogens (tertiary/aromatic N) is 4. The van der Waals surface area contributed by atoms with Gasteiger partial charge in [0, 0.05) is 62.1 Å². The van der Waals surface area contributed by atoms with Crippen molar-refractivity contribution in [3.63, 3.8) is 0 Å². The van der Waals surface area contributed by atoms with Gasteiger partial charge in [0.15, 0.2) is 0 Å². The van der Waals surface area contributed by atoms with Gasteiger partial charge >= 0.3 is 0 Å². The first-order chi connectivity index (χ1) is 20.5. The summed E-state index contributed by atoms with van der Waals surface area (Å²) in [7, 11) is 8.27. The fraction of sp³-hybridized carbons (Fsp3) is 0.108. The molecule has 0 aliphatic rings. The Morgan fingerprint density at radius 3 is 1.31 bits per heavy atom. The zero-order valence-corrected chi connectivity index (χ0v) is 25.2. The number of thiazole rings is 1. The third-order valence-electron chi connectivity index (χ3n) is 7.35. The van der Waals surface area contributed by atoms with Gasteiger partial charge in [-0.3, -0.25) is 0 Å². The van der Waals surface area contributed by atoms with Crippen LogP contribution < -0.4 is 14.7 Å². The van der Waals surface area contributed by atoms with Crippen LogP contribution in [0.5, 0.6) is 0 Å². The zero-order valence-electron chi connectivity index (χ0n) is 24.4. The molecule has 0 fully saturated rings. The van der Waals surface area contributed by atoms with E-state index in [0.717, 1.165) is 49.6 Å². The molecule has 0 radical (unpaired) electrons. The van der Waals surface area contributed by atoms with Gasteiger partial charge in [-0.1, -0.05) is 96.3 Å². The van der Waals surface area contributed by atoms with E-state index in [9.17, 15) is 0 Å². The van der Waals surface area contributed by atoms with Crippen molar-refractivity contribution in [1.82, 2.24) is 4.98 Å². The highest BCUT2D eigenvalue weighted by atomic mass is 32.1. The van der Waals surface area contributed by atoms with E-state index in [1.54, 1.807) is 11.3 Å². The van der Waals surface area contributed by atoms with Gasteiger partial charge in [0.05, 0.1) is 0 Å². The molecule has 1 aromatic heterocycles. The van der Waals surface area contributed by atoms with Gasteiger partial charge in [-0.15, -0.1) is 0 Å². The van der Waals surface area contributed by atoms with Crippen LogP contribution >= 0.6 is 11.3 Å². The Balaban J connectivity index is 1.50. The fourth-order valence-corrected chi connectivity index (χ4v) is 6.13. The topological polar surface area (TPSA) is 22.6 Å². The third-order valence-corrected chi connectivity index (χ3v) is 8.44. The van der Waals surface area contributed by atoms with Gasteiger partial charge in [-0.25, -0.2) is 4.98 Å². The van der Waals surface area contributed by atoms with Crippen molar-refractivity contribution in [2.45, 2.75) is 0 Å². The molecule has 0 aliphatic carbocycles. The lowest BCUT2D eigenvalue weighted by Gasteiger charge is -2.26. The second-order valence-electron chi connectivity index (χ2n) is 10.6. The summed E-state index contributed by atoms with van der Waals surface area (Å²) >= 11 is 1.72. The highest BCUT2D eigenvalue weighted by Gasteiger charge is 2.23. The van der Waals surface area contributed by atoms with Gasteiger partial charge in [-0.2, -0.15) is 0 Å². The van der Waals surface area contributed by atoms with Crippen molar-refractivity contribution in [2.75, 3.05) is 42.9 Å². The lowest BCUT2D eigenvalue weighted by atomic mass is 10.0. The lowest BCUT2D eigenvalue weighted by molar-refractivity contribution is 1.13. The number of hydrogen-bond donors (Lipinski definition) is 0. The van der Waals surface area contributed by atoms with E-state index in [-0.39, 0.29) is 0 Å². The molecule has 0 spiro atoms. The molecule has 42 heavy (non-hydrogen) atoms. The molecule has 0 amide bonds. The predicted molar refractivity (Wildman–Crippen MR) is 182 cm³/mol. The molecular formula is C37H34N4S. The maximum atomic E-state index is 5.28. The third kappa shape index (κ3) is 5.65. The summed E-state index contributed by atoms with van der Waals surface area (Å²) in [5, 5.41) is 2.07. The monoisotopic (exact) mass is 566 g/mol. The standard InChI is InChI=1S/C37H34N4S/c1-39(2)31-19-23-33(24-20-31)41(34-25-21-32(22-26-34)40(3)4)37-35(29-13-9-6-10-14-29)38-36(42-37)30-17-15-28(16-18-30)27-11-7-5-8-12-27/h5-26H,1-4H3. The predicted octanol–water partition coefficient (Wildman–Crippen LogP) is 9.75. The van der Waals surface area contributed by atoms with E-state index >= 15 is 0 Å². The fourth-order valence-electron chi connectivity index (χ4n) is 4.99. The molecule has 1 heterocycles. The van der Waals surface area contributed by atoms with Crippen LogP contribution in [0, 0.1) is 0 Å². The van der Waals surface area contributed by atoms with Gasteiger partial charge in [0.2, 0.25) is 0 Å². The van der Waals surface area contributed by atoms with Gasteiger partial charge in [0.1, 0.15) is 15.7 Å². The minimum Gasteiger partial charge on any atom is -0.378 e. The van der Waals surface area contributed by atoms with E-state index < -0.39 is 0 Å². The molecule has 0 unspecified atom stereocenters. The Kier molecular flexibility index (Phi) is 7.76. The lowest BCUT2D eigenvalue weighted by Crippen LogP contribution is -2.12. The number of benzene rings is 5. The molecule has 6 aromatic rings. The first-order valence-electron chi connectivity index (χ1n) is 14.0. The smallest absolute Gasteiger partial charge is 0.129 e. The van der Waals surface area contributed by atoms with Crippen molar-refractivity contribution in [3.05, 3.63) is 133 Å². The average molecular weight is 567 g/mol. The molecule has 0 saturated carbocycles. The van der Waals surface area contributed by atoms with Crippen LogP contribution in [0.3, 0.4) is 0 Å². The molecule has 0 N–H and O–H groups in total. The van der Waals surface area contributed by atoms with Gasteiger partial charge in [0.25, 0.3) is 0 Å². The zero-order chi connectivity index (χ0) is 29.1. The summed E-state index contributed by atoms with van der Waals surface area (Å²) in [6, 6.07) is 47.2. The van der Waals surface area contributed by atoms with Crippen LogP contribution in [0.15, 0.2) is 133 Å². The Hall–Kier alpha value is -4.87. The second kappa shape index (κ2) is 11.9. The van der Waals surface area contributed by atoms with Crippen LogP contribution in [0.25, 0.3) is 33.0 Å². The van der Waals surface area contributed by atoms with E-state index in [0.29, 0.717) is 0 Å². The molecule has 208 valence electrons. The van der Waals surface area contributed by atoms with E-state index in [1.807, 2.05) is 6.07 Å². The first-order valence-corrected chi connectivity index (χ1v) is 14.9. The molecule has 0 saturated heterocycles. The van der Waals surface area contributed by atoms with E-state index in [2.05, 4.69) is 170 Å². The van der Waals surface area contributed by atoms with Crippen LogP contribution in [0.1, 0.15) is 0 Å². The quantitative estimate of drug-likeness (QED) is 0.183. The Morgan fingerprint density at radius 2 is 0.833 bits per heavy atom. The van der Waals surface area contributed by atoms with E-state index in [1.165, 1.54) is 11.1 Å². The van der Waals surface area contributed by atoms with Crippen LogP contribution in [0.4, 0.5) is 27.8 Å². The SMILES string of the molecule is CN(C)c1ccc(N(c2ccc(N(C)C)cc2)c2sc(-c3ccc(-c4ccccc4)cc3)nc2-c2ccccc2)cc1. The maximum Gasteiger partial charge on any atom is 0.129 e. The molecule has 4 nitrogen and oxygen atoms in total. The largest absolute Gasteiger partial charge is 0.378 e. The van der Waals surface area contributed by atoms with Crippen molar-refractivity contribution in [3.8, 4) is 33.0 Å². The maximum absolute atomic E-state index is 5.28. The molecule has 0 bridgehead atoms. The minimum absolute atomic E-state index is 0.969. The average Bonchev–Trinajstić information content (AvgIpc) is 3.47. The molecule has 6 rings (SSSR count). The summed E-state index contributed by atoms with van der Waals surface area (Å²) in [6.07, 6.45) is 0. The number of aromatic nitrogens is 1. The van der Waals surface area contributed by atoms with Crippen molar-refractivity contribution in [1.29, 1.82) is 0 Å². The summed E-state index contributed by atoms with van der Waals surface area (Å²) in [5.41, 5.74) is 10.1. The minimum atomic E-state index is 0.969. The molecule has 0 atom stereocenters. The summed E-state index contributed by atoms with van der Waals surface area (Å²) in [4.78, 5) is 11.9. The van der Waals surface area contributed by atoms with Crippen LogP contribution in [-0.4, -0.2) is 33.2 Å². The molecule has 0 aliphatic heterocycles. The summed E-state index contributed by atoms with van der Waals surface area (Å²) in [5.74, 6) is 0. The van der Waals surface area contributed by atoms with Crippen molar-refractivity contribution in [2.24, 2.45) is 0 Å². The molecule has 5 heteroatoms. The van der Waals surface area contributed by atoms with Gasteiger partial charge < -0.3 is 14.7 Å². The van der Waals surface area contributed by atoms with Gasteiger partial charge in [-0.05, 0) is 59.7 Å². The normalized spacial score (nSPS) is 10.9. The number of rotatable bonds is 8. The molecular weight excluding hydrogens is 533 g/mol. The van der Waals surface area contributed by atoms with Crippen molar-refractivity contribution >= 4 is 39.1 Å². The summed E-state index contributed by atoms with van der Waals surface area (Å²) in [6.45, 7) is 0. The van der Waals surface area contributed by atoms with Crippen LogP contribution in [-0.2, 0) is 0 Å². The van der Waals surface area contributed by atoms with Crippen LogP contribution in [0.2, 0.25) is 0 Å². The number of anilines is 5. The Bertz CT molecular complexity index is 1690. The number of hydrogen-bond acceptors (Lipinski definition) is 5. The second-order valence-corrected chi connectivity index (χ2v) is 11.6. The highest BCUT2D eigenvalue weighted by molar-refractivity contribution is 7.19. The Labute approximate surface area is 252 Å². The van der Waals surface area contributed by atoms with E-state index in [4.69, 9.17) is 4.98 Å². The Morgan fingerprint density at radius 1 is 0.429 bits per heavy atom. The van der Waals surface area contributed by atoms with Crippen molar-refractivity contribution < 1.29 is 0 Å². The summed E-state index contributed by atoms with van der Waals surface area (Å²) < 4.78 is 0. The molecule has 5 aromatic carbocycles.